The highest BCUT2D eigenvalue weighted by molar-refractivity contribution is 5.94. The normalized spacial score (nSPS) is 10.8. The molecular formula is C13H16N2O3. The molecule has 18 heavy (non-hydrogen) atoms. The lowest BCUT2D eigenvalue weighted by molar-refractivity contribution is -0.131. The Balaban J connectivity index is 2.75. The predicted molar refractivity (Wildman–Crippen MR) is 68.1 cm³/mol. The lowest BCUT2D eigenvalue weighted by Gasteiger charge is -2.07. The van der Waals surface area contributed by atoms with Crippen LogP contribution in [0.4, 0.5) is 0 Å². The van der Waals surface area contributed by atoms with E-state index in [0.717, 1.165) is 6.08 Å². The Bertz CT molecular complexity index is 467. The zero-order chi connectivity index (χ0) is 13.5. The fraction of sp³-hybridized carbons (Fsp3) is 0.308. The third kappa shape index (κ3) is 4.78. The highest BCUT2D eigenvalue weighted by atomic mass is 16.4. The average molecular weight is 248 g/mol. The number of carbonyl (C=O) groups excluding carboxylic acids is 1. The van der Waals surface area contributed by atoms with Crippen molar-refractivity contribution in [1.82, 2.24) is 10.3 Å². The molecule has 0 aliphatic heterocycles. The third-order valence-corrected chi connectivity index (χ3v) is 2.11. The molecule has 1 rings (SSSR count). The van der Waals surface area contributed by atoms with E-state index in [9.17, 15) is 9.59 Å². The van der Waals surface area contributed by atoms with Gasteiger partial charge in [0.1, 0.15) is 0 Å². The monoisotopic (exact) mass is 248 g/mol. The molecule has 1 amide bonds. The maximum Gasteiger partial charge on any atom is 0.328 e. The molecule has 0 saturated carbocycles. The quantitative estimate of drug-likeness (QED) is 0.775. The molecule has 1 aromatic rings. The van der Waals surface area contributed by atoms with Gasteiger partial charge in [-0.1, -0.05) is 13.8 Å². The molecule has 5 nitrogen and oxygen atoms in total. The van der Waals surface area contributed by atoms with E-state index >= 15 is 0 Å². The highest BCUT2D eigenvalue weighted by Gasteiger charge is 2.06. The minimum atomic E-state index is -1.04. The van der Waals surface area contributed by atoms with Gasteiger partial charge in [0, 0.05) is 25.0 Å². The van der Waals surface area contributed by atoms with E-state index in [1.165, 1.54) is 18.5 Å². The Morgan fingerprint density at radius 3 is 2.78 bits per heavy atom. The van der Waals surface area contributed by atoms with Gasteiger partial charge < -0.3 is 10.4 Å². The number of aliphatic carboxylic acids is 1. The lowest BCUT2D eigenvalue weighted by Crippen LogP contribution is -2.27. The van der Waals surface area contributed by atoms with Gasteiger partial charge in [-0.3, -0.25) is 9.78 Å². The van der Waals surface area contributed by atoms with Gasteiger partial charge in [0.2, 0.25) is 0 Å². The summed E-state index contributed by atoms with van der Waals surface area (Å²) in [4.78, 5) is 26.0. The van der Waals surface area contributed by atoms with Gasteiger partial charge in [0.05, 0.1) is 5.56 Å². The van der Waals surface area contributed by atoms with Crippen molar-refractivity contribution in [3.63, 3.8) is 0 Å². The number of nitrogens with zero attached hydrogens (tertiary/aromatic N) is 1. The van der Waals surface area contributed by atoms with Gasteiger partial charge in [0.25, 0.3) is 5.91 Å². The van der Waals surface area contributed by atoms with Gasteiger partial charge in [-0.25, -0.2) is 4.79 Å². The van der Waals surface area contributed by atoms with Gasteiger partial charge >= 0.3 is 5.97 Å². The molecule has 0 aliphatic rings. The zero-order valence-corrected chi connectivity index (χ0v) is 10.4. The van der Waals surface area contributed by atoms with Crippen LogP contribution in [0.3, 0.4) is 0 Å². The van der Waals surface area contributed by atoms with Crippen LogP contribution in [0.2, 0.25) is 0 Å². The molecule has 5 heteroatoms. The maximum atomic E-state index is 11.7. The smallest absolute Gasteiger partial charge is 0.328 e. The summed E-state index contributed by atoms with van der Waals surface area (Å²) in [6.07, 6.45) is 5.35. The molecule has 2 N–H and O–H groups in total. The molecule has 1 aromatic heterocycles. The first-order valence-corrected chi connectivity index (χ1v) is 5.63. The summed E-state index contributed by atoms with van der Waals surface area (Å²) in [5, 5.41) is 11.3. The van der Waals surface area contributed by atoms with Crippen LogP contribution in [0.25, 0.3) is 6.08 Å². The van der Waals surface area contributed by atoms with E-state index in [1.54, 1.807) is 6.07 Å². The minimum Gasteiger partial charge on any atom is -0.478 e. The van der Waals surface area contributed by atoms with Crippen LogP contribution >= 0.6 is 0 Å². The van der Waals surface area contributed by atoms with E-state index in [1.807, 2.05) is 13.8 Å². The number of hydrogen-bond acceptors (Lipinski definition) is 3. The first-order chi connectivity index (χ1) is 8.49. The van der Waals surface area contributed by atoms with Gasteiger partial charge in [-0.05, 0) is 23.6 Å². The first kappa shape index (κ1) is 13.9. The second-order valence-corrected chi connectivity index (χ2v) is 4.28. The Kier molecular flexibility index (Phi) is 5.05. The highest BCUT2D eigenvalue weighted by Crippen LogP contribution is 2.05. The van der Waals surface area contributed by atoms with Crippen molar-refractivity contribution in [1.29, 1.82) is 0 Å². The van der Waals surface area contributed by atoms with Crippen molar-refractivity contribution in [3.05, 3.63) is 35.7 Å². The summed E-state index contributed by atoms with van der Waals surface area (Å²) in [5.74, 6) is -0.872. The van der Waals surface area contributed by atoms with Crippen LogP contribution in [-0.2, 0) is 4.79 Å². The SMILES string of the molecule is CC(C)CNC(=O)c1cncc(C=CC(=O)O)c1. The molecule has 0 bridgehead atoms. The summed E-state index contributed by atoms with van der Waals surface area (Å²) in [7, 11) is 0. The summed E-state index contributed by atoms with van der Waals surface area (Å²) in [5.41, 5.74) is 0.998. The largest absolute Gasteiger partial charge is 0.478 e. The van der Waals surface area contributed by atoms with Crippen molar-refractivity contribution < 1.29 is 14.7 Å². The van der Waals surface area contributed by atoms with E-state index in [4.69, 9.17) is 5.11 Å². The van der Waals surface area contributed by atoms with Crippen molar-refractivity contribution in [2.75, 3.05) is 6.54 Å². The Morgan fingerprint density at radius 1 is 1.44 bits per heavy atom. The van der Waals surface area contributed by atoms with Crippen molar-refractivity contribution in [2.24, 2.45) is 5.92 Å². The van der Waals surface area contributed by atoms with Crippen molar-refractivity contribution in [2.45, 2.75) is 13.8 Å². The van der Waals surface area contributed by atoms with E-state index in [2.05, 4.69) is 10.3 Å². The molecule has 0 atom stereocenters. The molecule has 0 radical (unpaired) electrons. The van der Waals surface area contributed by atoms with Crippen LogP contribution in [0.15, 0.2) is 24.5 Å². The summed E-state index contributed by atoms with van der Waals surface area (Å²) in [6.45, 7) is 4.60. The van der Waals surface area contributed by atoms with Crippen LogP contribution in [0, 0.1) is 5.92 Å². The van der Waals surface area contributed by atoms with E-state index in [0.29, 0.717) is 23.6 Å². The summed E-state index contributed by atoms with van der Waals surface area (Å²) >= 11 is 0. The molecule has 96 valence electrons. The summed E-state index contributed by atoms with van der Waals surface area (Å²) < 4.78 is 0. The Hall–Kier alpha value is -2.17. The topological polar surface area (TPSA) is 79.3 Å². The maximum absolute atomic E-state index is 11.7. The molecular weight excluding hydrogens is 232 g/mol. The number of hydrogen-bond donors (Lipinski definition) is 2. The molecule has 0 unspecified atom stereocenters. The van der Waals surface area contributed by atoms with Crippen LogP contribution in [0.1, 0.15) is 29.8 Å². The van der Waals surface area contributed by atoms with Crippen LogP contribution in [0.5, 0.6) is 0 Å². The number of amides is 1. The van der Waals surface area contributed by atoms with Crippen LogP contribution < -0.4 is 5.32 Å². The average Bonchev–Trinajstić information content (AvgIpc) is 2.33. The first-order valence-electron chi connectivity index (χ1n) is 5.63. The number of pyridine rings is 1. The fourth-order valence-corrected chi connectivity index (χ4v) is 1.24. The summed E-state index contributed by atoms with van der Waals surface area (Å²) in [6, 6.07) is 1.60. The minimum absolute atomic E-state index is 0.207. The van der Waals surface area contributed by atoms with Gasteiger partial charge in [0.15, 0.2) is 0 Å². The second-order valence-electron chi connectivity index (χ2n) is 4.28. The molecule has 0 aromatic carbocycles. The number of aromatic nitrogens is 1. The lowest BCUT2D eigenvalue weighted by atomic mass is 10.1. The van der Waals surface area contributed by atoms with Gasteiger partial charge in [-0.2, -0.15) is 0 Å². The number of carbonyl (C=O) groups is 2. The molecule has 0 saturated heterocycles. The van der Waals surface area contributed by atoms with Gasteiger partial charge in [-0.15, -0.1) is 0 Å². The number of carboxylic acids is 1. The third-order valence-electron chi connectivity index (χ3n) is 2.11. The second kappa shape index (κ2) is 6.54. The molecule has 0 fully saturated rings. The fourth-order valence-electron chi connectivity index (χ4n) is 1.24. The van der Waals surface area contributed by atoms with E-state index < -0.39 is 5.97 Å². The molecule has 0 spiro atoms. The van der Waals surface area contributed by atoms with E-state index in [-0.39, 0.29) is 5.91 Å². The number of carboxylic acid groups (broad SMARTS) is 1. The number of nitrogens with one attached hydrogen (secondary N) is 1. The van der Waals surface area contributed by atoms with Crippen molar-refractivity contribution >= 4 is 18.0 Å². The molecule has 0 aliphatic carbocycles. The van der Waals surface area contributed by atoms with Crippen LogP contribution in [-0.4, -0.2) is 28.5 Å². The number of rotatable bonds is 5. The predicted octanol–water partition coefficient (Wildman–Crippen LogP) is 1.57. The Morgan fingerprint density at radius 2 is 2.17 bits per heavy atom. The standard InChI is InChI=1S/C13H16N2O3/c1-9(2)6-15-13(18)11-5-10(7-14-8-11)3-4-12(16)17/h3-5,7-9H,6H2,1-2H3,(H,15,18)(H,16,17). The Labute approximate surface area is 106 Å². The van der Waals surface area contributed by atoms with Crippen molar-refractivity contribution in [3.8, 4) is 0 Å². The molecule has 1 heterocycles. The zero-order valence-electron chi connectivity index (χ0n) is 10.4.